The molecule has 4 N–H and O–H groups in total. The summed E-state index contributed by atoms with van der Waals surface area (Å²) in [6.45, 7) is 3.99. The molecule has 1 rings (SSSR count). The molecule has 136 valence electrons. The van der Waals surface area contributed by atoms with Crippen LogP contribution in [0.2, 0.25) is 0 Å². The van der Waals surface area contributed by atoms with Gasteiger partial charge in [-0.3, -0.25) is 9.69 Å². The van der Waals surface area contributed by atoms with E-state index in [-0.39, 0.29) is 24.6 Å². The van der Waals surface area contributed by atoms with E-state index in [4.69, 9.17) is 5.73 Å². The van der Waals surface area contributed by atoms with Crippen molar-refractivity contribution in [2.24, 2.45) is 11.7 Å². The van der Waals surface area contributed by atoms with E-state index in [9.17, 15) is 27.1 Å². The van der Waals surface area contributed by atoms with E-state index in [0.29, 0.717) is 13.1 Å². The first kappa shape index (κ1) is 20.2. The molecular weight excluding hydrogens is 332 g/mol. The molecule has 1 fully saturated rings. The Kier molecular flexibility index (Phi) is 6.87. The highest BCUT2D eigenvalue weighted by Crippen LogP contribution is 2.23. The second-order valence-corrected chi connectivity index (χ2v) is 8.44. The first-order valence-electron chi connectivity index (χ1n) is 7.50. The number of hydrogen-bond donors (Lipinski definition) is 3. The monoisotopic (exact) mass is 357 g/mol. The normalized spacial score (nSPS) is 21.9. The van der Waals surface area contributed by atoms with Crippen LogP contribution in [0, 0.1) is 5.92 Å². The summed E-state index contributed by atoms with van der Waals surface area (Å²) < 4.78 is 50.2. The predicted molar refractivity (Wildman–Crippen MR) is 81.9 cm³/mol. The van der Waals surface area contributed by atoms with Gasteiger partial charge in [-0.15, -0.1) is 0 Å². The van der Waals surface area contributed by atoms with E-state index < -0.39 is 39.7 Å². The molecule has 1 saturated heterocycles. The number of carbonyl (C=O) groups is 1. The van der Waals surface area contributed by atoms with Gasteiger partial charge in [-0.05, 0) is 5.92 Å². The summed E-state index contributed by atoms with van der Waals surface area (Å²) in [5.74, 6) is -5.91. The third-order valence-electron chi connectivity index (χ3n) is 3.96. The van der Waals surface area contributed by atoms with Crippen molar-refractivity contribution in [1.29, 1.82) is 0 Å². The van der Waals surface area contributed by atoms with E-state index >= 15 is 0 Å². The van der Waals surface area contributed by atoms with Crippen LogP contribution < -0.4 is 11.1 Å². The highest BCUT2D eigenvalue weighted by atomic mass is 32.2. The average Bonchev–Trinajstić information content (AvgIpc) is 2.46. The molecule has 0 spiro atoms. The number of nitrogens with two attached hydrogens (primary N) is 1. The van der Waals surface area contributed by atoms with Gasteiger partial charge in [-0.2, -0.15) is 8.78 Å². The van der Waals surface area contributed by atoms with Crippen LogP contribution in [0.4, 0.5) is 8.78 Å². The molecule has 7 nitrogen and oxygen atoms in total. The summed E-state index contributed by atoms with van der Waals surface area (Å²) in [7, 11) is -3.01. The van der Waals surface area contributed by atoms with Crippen LogP contribution in [0.3, 0.4) is 0 Å². The largest absolute Gasteiger partial charge is 0.385 e. The van der Waals surface area contributed by atoms with Gasteiger partial charge in [0.1, 0.15) is 6.10 Å². The quantitative estimate of drug-likeness (QED) is 0.528. The zero-order valence-corrected chi connectivity index (χ0v) is 14.2. The molecule has 1 aliphatic heterocycles. The molecule has 1 amide bonds. The van der Waals surface area contributed by atoms with E-state index in [1.54, 1.807) is 18.7 Å². The summed E-state index contributed by atoms with van der Waals surface area (Å²) in [6, 6.07) is -1.22. The number of aliphatic hydroxyl groups excluding tert-OH is 1. The first-order chi connectivity index (χ1) is 10.5. The molecule has 0 aliphatic carbocycles. The maximum absolute atomic E-state index is 13.9. The number of hydrogen-bond acceptors (Lipinski definition) is 6. The van der Waals surface area contributed by atoms with E-state index in [0.717, 1.165) is 0 Å². The van der Waals surface area contributed by atoms with Gasteiger partial charge in [0.05, 0.1) is 11.5 Å². The molecule has 0 aromatic rings. The third-order valence-corrected chi connectivity index (χ3v) is 5.57. The van der Waals surface area contributed by atoms with Crippen molar-refractivity contribution in [2.45, 2.75) is 31.9 Å². The number of aliphatic hydroxyl groups is 1. The SMILES string of the molecule is CC(C)C(N)C(O)C(F)(F)C(=O)NCCN1CCS(=O)(=O)CC1. The summed E-state index contributed by atoms with van der Waals surface area (Å²) >= 11 is 0. The molecule has 0 radical (unpaired) electrons. The zero-order valence-electron chi connectivity index (χ0n) is 13.3. The Bertz CT molecular complexity index is 499. The standard InChI is InChI=1S/C13H25F2N3O4S/c1-9(2)10(16)11(19)13(14,15)12(20)17-3-4-18-5-7-23(21,22)8-6-18/h9-11,19H,3-8,16H2,1-2H3,(H,17,20). The lowest BCUT2D eigenvalue weighted by atomic mass is 9.95. The van der Waals surface area contributed by atoms with Crippen LogP contribution >= 0.6 is 0 Å². The number of halogens is 2. The number of carbonyl (C=O) groups excluding carboxylic acids is 1. The average molecular weight is 357 g/mol. The van der Waals surface area contributed by atoms with Crippen molar-refractivity contribution in [3.05, 3.63) is 0 Å². The van der Waals surface area contributed by atoms with Gasteiger partial charge in [-0.25, -0.2) is 8.42 Å². The fourth-order valence-electron chi connectivity index (χ4n) is 2.16. The lowest BCUT2D eigenvalue weighted by Crippen LogP contribution is -2.57. The molecule has 10 heteroatoms. The topological polar surface area (TPSA) is 113 Å². The fourth-order valence-corrected chi connectivity index (χ4v) is 3.44. The van der Waals surface area contributed by atoms with Crippen LogP contribution in [0.15, 0.2) is 0 Å². The van der Waals surface area contributed by atoms with Crippen LogP contribution in [0.5, 0.6) is 0 Å². The van der Waals surface area contributed by atoms with Crippen LogP contribution in [-0.2, 0) is 14.6 Å². The Labute approximate surface area is 135 Å². The molecule has 0 aromatic heterocycles. The van der Waals surface area contributed by atoms with Gasteiger partial charge in [-0.1, -0.05) is 13.8 Å². The van der Waals surface area contributed by atoms with Crippen molar-refractivity contribution < 1.29 is 27.1 Å². The minimum absolute atomic E-state index is 0.0268. The summed E-state index contributed by atoms with van der Waals surface area (Å²) in [5, 5.41) is 11.6. The maximum atomic E-state index is 13.9. The van der Waals surface area contributed by atoms with Crippen LogP contribution in [-0.4, -0.2) is 80.1 Å². The van der Waals surface area contributed by atoms with Crippen molar-refractivity contribution in [2.75, 3.05) is 37.7 Å². The van der Waals surface area contributed by atoms with Gasteiger partial charge in [0.2, 0.25) is 0 Å². The van der Waals surface area contributed by atoms with Crippen molar-refractivity contribution in [3.8, 4) is 0 Å². The minimum Gasteiger partial charge on any atom is -0.385 e. The van der Waals surface area contributed by atoms with Gasteiger partial charge in [0, 0.05) is 32.2 Å². The van der Waals surface area contributed by atoms with Gasteiger partial charge in [0.25, 0.3) is 5.91 Å². The highest BCUT2D eigenvalue weighted by molar-refractivity contribution is 7.91. The van der Waals surface area contributed by atoms with E-state index in [2.05, 4.69) is 5.32 Å². The summed E-state index contributed by atoms with van der Waals surface area (Å²) in [6.07, 6.45) is -2.26. The molecule has 0 bridgehead atoms. The Hall–Kier alpha value is -0.840. The van der Waals surface area contributed by atoms with Gasteiger partial charge >= 0.3 is 5.92 Å². The minimum atomic E-state index is -3.98. The molecule has 1 aliphatic rings. The Morgan fingerprint density at radius 3 is 2.35 bits per heavy atom. The zero-order chi connectivity index (χ0) is 17.8. The first-order valence-corrected chi connectivity index (χ1v) is 9.32. The second kappa shape index (κ2) is 7.82. The number of amides is 1. The summed E-state index contributed by atoms with van der Waals surface area (Å²) in [4.78, 5) is 13.4. The molecule has 2 atom stereocenters. The van der Waals surface area contributed by atoms with Crippen LogP contribution in [0.1, 0.15) is 13.8 Å². The molecular formula is C13H25F2N3O4S. The number of rotatable bonds is 7. The van der Waals surface area contributed by atoms with E-state index in [1.807, 2.05) is 0 Å². The molecule has 0 aromatic carbocycles. The van der Waals surface area contributed by atoms with Crippen molar-refractivity contribution in [1.82, 2.24) is 10.2 Å². The smallest absolute Gasteiger partial charge is 0.351 e. The fraction of sp³-hybridized carbons (Fsp3) is 0.923. The summed E-state index contributed by atoms with van der Waals surface area (Å²) in [5.41, 5.74) is 5.48. The molecule has 1 heterocycles. The molecule has 2 unspecified atom stereocenters. The number of nitrogens with one attached hydrogen (secondary N) is 1. The number of sulfone groups is 1. The van der Waals surface area contributed by atoms with E-state index in [1.165, 1.54) is 0 Å². The van der Waals surface area contributed by atoms with Gasteiger partial charge < -0.3 is 16.2 Å². The van der Waals surface area contributed by atoms with Crippen LogP contribution in [0.25, 0.3) is 0 Å². The number of nitrogens with zero attached hydrogens (tertiary/aromatic N) is 1. The Morgan fingerprint density at radius 1 is 1.35 bits per heavy atom. The lowest BCUT2D eigenvalue weighted by Gasteiger charge is -2.29. The molecule has 23 heavy (non-hydrogen) atoms. The Morgan fingerprint density at radius 2 is 1.87 bits per heavy atom. The maximum Gasteiger partial charge on any atom is 0.351 e. The van der Waals surface area contributed by atoms with Crippen molar-refractivity contribution in [3.63, 3.8) is 0 Å². The number of alkyl halides is 2. The second-order valence-electron chi connectivity index (χ2n) is 6.14. The third kappa shape index (κ3) is 5.63. The Balaban J connectivity index is 2.43. The molecule has 0 saturated carbocycles. The highest BCUT2D eigenvalue weighted by Gasteiger charge is 2.49. The predicted octanol–water partition coefficient (Wildman–Crippen LogP) is -1.19. The van der Waals surface area contributed by atoms with Gasteiger partial charge in [0.15, 0.2) is 9.84 Å². The van der Waals surface area contributed by atoms with Crippen molar-refractivity contribution >= 4 is 15.7 Å². The lowest BCUT2D eigenvalue weighted by molar-refractivity contribution is -0.167.